The number of amides is 2. The molecule has 0 fully saturated rings. The predicted molar refractivity (Wildman–Crippen MR) is 132 cm³/mol. The molecule has 34 heavy (non-hydrogen) atoms. The summed E-state index contributed by atoms with van der Waals surface area (Å²) in [5.74, 6) is 0.408. The van der Waals surface area contributed by atoms with E-state index in [1.54, 1.807) is 20.0 Å². The average molecular weight is 488 g/mol. The van der Waals surface area contributed by atoms with Crippen LogP contribution in [0.2, 0.25) is 0 Å². The van der Waals surface area contributed by atoms with Crippen molar-refractivity contribution in [2.45, 2.75) is 39.3 Å². The minimum absolute atomic E-state index is 0.0391. The predicted octanol–water partition coefficient (Wildman–Crippen LogP) is 2.27. The molecule has 0 spiro atoms. The molecule has 0 radical (unpaired) electrons. The number of hydrogen-bond donors (Lipinski definition) is 4. The molecule has 0 bridgehead atoms. The first-order valence-corrected chi connectivity index (χ1v) is 11.4. The topological polar surface area (TPSA) is 144 Å². The van der Waals surface area contributed by atoms with E-state index in [0.29, 0.717) is 41.0 Å². The van der Waals surface area contributed by atoms with E-state index in [1.165, 1.54) is 11.3 Å². The van der Waals surface area contributed by atoms with Crippen molar-refractivity contribution in [1.29, 1.82) is 0 Å². The molecular formula is C23H29N5O5S. The fraction of sp³-hybridized carbons (Fsp3) is 0.348. The van der Waals surface area contributed by atoms with Crippen LogP contribution < -0.4 is 21.1 Å². The van der Waals surface area contributed by atoms with E-state index in [9.17, 15) is 14.4 Å². The maximum atomic E-state index is 12.5. The van der Waals surface area contributed by atoms with Gasteiger partial charge in [-0.05, 0) is 50.1 Å². The lowest BCUT2D eigenvalue weighted by atomic mass is 10.1. The number of hydrogen-bond acceptors (Lipinski definition) is 7. The zero-order valence-electron chi connectivity index (χ0n) is 19.5. The Bertz CT molecular complexity index is 1210. The molecule has 0 aliphatic carbocycles. The van der Waals surface area contributed by atoms with Gasteiger partial charge in [-0.2, -0.15) is 0 Å². The molecule has 1 aromatic carbocycles. The highest BCUT2D eigenvalue weighted by Crippen LogP contribution is 2.27. The molecule has 0 saturated heterocycles. The highest BCUT2D eigenvalue weighted by molar-refractivity contribution is 7.17. The number of aromatic amines is 1. The van der Waals surface area contributed by atoms with Crippen molar-refractivity contribution >= 4 is 45.5 Å². The van der Waals surface area contributed by atoms with Crippen molar-refractivity contribution in [1.82, 2.24) is 20.6 Å². The molecule has 0 aliphatic rings. The SMILES string of the molecule is CNC(=O)CCC(C)NC(=O)c1ccc(N(C)Cc2ccc3nc(C)[nH]c(=O)c3c2)s1.O=CO. The maximum absolute atomic E-state index is 12.5. The second-order valence-corrected chi connectivity index (χ2v) is 8.75. The van der Waals surface area contributed by atoms with Crippen LogP contribution in [0.1, 0.15) is 40.8 Å². The van der Waals surface area contributed by atoms with E-state index in [0.717, 1.165) is 10.6 Å². The lowest BCUT2D eigenvalue weighted by Gasteiger charge is -2.17. The van der Waals surface area contributed by atoms with Gasteiger partial charge in [0.05, 0.1) is 20.8 Å². The summed E-state index contributed by atoms with van der Waals surface area (Å²) in [5, 5.41) is 13.9. The van der Waals surface area contributed by atoms with E-state index in [2.05, 4.69) is 20.6 Å². The van der Waals surface area contributed by atoms with Gasteiger partial charge in [0.2, 0.25) is 5.91 Å². The molecule has 11 heteroatoms. The summed E-state index contributed by atoms with van der Waals surface area (Å²) in [4.78, 5) is 54.2. The number of thiophene rings is 1. The number of H-pyrrole nitrogens is 1. The summed E-state index contributed by atoms with van der Waals surface area (Å²) in [7, 11) is 3.55. The Labute approximate surface area is 201 Å². The van der Waals surface area contributed by atoms with Crippen LogP contribution in [0, 0.1) is 6.92 Å². The Morgan fingerprint density at radius 1 is 1.29 bits per heavy atom. The van der Waals surface area contributed by atoms with Gasteiger partial charge in [-0.1, -0.05) is 6.07 Å². The van der Waals surface area contributed by atoms with Crippen LogP contribution in [-0.4, -0.2) is 53.5 Å². The summed E-state index contributed by atoms with van der Waals surface area (Å²) in [6.07, 6.45) is 0.957. The van der Waals surface area contributed by atoms with E-state index in [-0.39, 0.29) is 29.9 Å². The van der Waals surface area contributed by atoms with Gasteiger partial charge in [-0.25, -0.2) is 4.98 Å². The molecule has 0 aliphatic heterocycles. The zero-order chi connectivity index (χ0) is 25.3. The fourth-order valence-corrected chi connectivity index (χ4v) is 4.12. The molecule has 1 unspecified atom stereocenters. The monoisotopic (exact) mass is 487 g/mol. The van der Waals surface area contributed by atoms with Crippen molar-refractivity contribution < 1.29 is 19.5 Å². The lowest BCUT2D eigenvalue weighted by Crippen LogP contribution is -2.33. The summed E-state index contributed by atoms with van der Waals surface area (Å²) in [6.45, 7) is 3.99. The van der Waals surface area contributed by atoms with Crippen LogP contribution >= 0.6 is 11.3 Å². The second-order valence-electron chi connectivity index (χ2n) is 7.69. The Hall–Kier alpha value is -3.73. The van der Waals surface area contributed by atoms with E-state index in [4.69, 9.17) is 9.90 Å². The van der Waals surface area contributed by atoms with Crippen molar-refractivity contribution in [3.05, 3.63) is 57.0 Å². The molecule has 2 amide bonds. The first kappa shape index (κ1) is 26.5. The Morgan fingerprint density at radius 2 is 2.00 bits per heavy atom. The molecular weight excluding hydrogens is 458 g/mol. The summed E-state index contributed by atoms with van der Waals surface area (Å²) in [5.41, 5.74) is 1.51. The molecule has 3 rings (SSSR count). The third kappa shape index (κ3) is 7.41. The number of anilines is 1. The lowest BCUT2D eigenvalue weighted by molar-refractivity contribution is -0.123. The van der Waals surface area contributed by atoms with Crippen LogP contribution in [0.4, 0.5) is 5.00 Å². The van der Waals surface area contributed by atoms with Gasteiger partial charge in [0, 0.05) is 33.1 Å². The molecule has 10 nitrogen and oxygen atoms in total. The van der Waals surface area contributed by atoms with Crippen molar-refractivity contribution in [2.75, 3.05) is 19.0 Å². The number of carboxylic acid groups (broad SMARTS) is 1. The minimum atomic E-state index is -0.250. The third-order valence-corrected chi connectivity index (χ3v) is 6.16. The Balaban J connectivity index is 0.00000129. The maximum Gasteiger partial charge on any atom is 0.290 e. The van der Waals surface area contributed by atoms with Crippen LogP contribution in [0.3, 0.4) is 0 Å². The van der Waals surface area contributed by atoms with Crippen LogP contribution in [-0.2, 0) is 16.1 Å². The van der Waals surface area contributed by atoms with E-state index in [1.807, 2.05) is 43.1 Å². The number of nitrogens with zero attached hydrogens (tertiary/aromatic N) is 2. The normalized spacial score (nSPS) is 11.2. The largest absolute Gasteiger partial charge is 0.483 e. The first-order valence-electron chi connectivity index (χ1n) is 10.6. The molecule has 1 atom stereocenters. The highest BCUT2D eigenvalue weighted by Gasteiger charge is 2.15. The average Bonchev–Trinajstić information content (AvgIpc) is 3.29. The van der Waals surface area contributed by atoms with Gasteiger partial charge in [0.25, 0.3) is 17.9 Å². The van der Waals surface area contributed by atoms with Gasteiger partial charge < -0.3 is 25.6 Å². The van der Waals surface area contributed by atoms with Crippen molar-refractivity contribution in [3.63, 3.8) is 0 Å². The molecule has 3 aromatic rings. The van der Waals surface area contributed by atoms with Gasteiger partial charge in [0.1, 0.15) is 5.82 Å². The number of aromatic nitrogens is 2. The number of fused-ring (bicyclic) bond motifs is 1. The number of aryl methyl sites for hydroxylation is 1. The second kappa shape index (κ2) is 12.5. The quantitative estimate of drug-likeness (QED) is 0.357. The molecule has 2 aromatic heterocycles. The third-order valence-electron chi connectivity index (χ3n) is 4.96. The number of benzene rings is 1. The van der Waals surface area contributed by atoms with Gasteiger partial charge in [-0.3, -0.25) is 19.2 Å². The summed E-state index contributed by atoms with van der Waals surface area (Å²) < 4.78 is 0. The standard InChI is InChI=1S/C22H27N5O3S.CH2O2/c1-13(5-9-19(28)23-3)24-22(30)18-8-10-20(31-18)27(4)12-15-6-7-17-16(11-15)21(29)26-14(2)25-17;2-1-3/h6-8,10-11,13H,5,9,12H2,1-4H3,(H,23,28)(H,24,30)(H,25,26,29);1H,(H,2,3). The van der Waals surface area contributed by atoms with Crippen molar-refractivity contribution in [2.24, 2.45) is 0 Å². The number of carbonyl (C=O) groups is 3. The van der Waals surface area contributed by atoms with Crippen molar-refractivity contribution in [3.8, 4) is 0 Å². The van der Waals surface area contributed by atoms with Gasteiger partial charge in [0.15, 0.2) is 0 Å². The van der Waals surface area contributed by atoms with E-state index < -0.39 is 0 Å². The number of carbonyl (C=O) groups excluding carboxylic acids is 2. The fourth-order valence-electron chi connectivity index (χ4n) is 3.25. The van der Waals surface area contributed by atoms with Gasteiger partial charge in [-0.15, -0.1) is 11.3 Å². The summed E-state index contributed by atoms with van der Waals surface area (Å²) >= 11 is 1.40. The molecule has 2 heterocycles. The summed E-state index contributed by atoms with van der Waals surface area (Å²) in [6, 6.07) is 9.28. The van der Waals surface area contributed by atoms with Crippen LogP contribution in [0.25, 0.3) is 10.9 Å². The zero-order valence-corrected chi connectivity index (χ0v) is 20.4. The smallest absolute Gasteiger partial charge is 0.290 e. The molecule has 0 saturated carbocycles. The number of rotatable bonds is 8. The Morgan fingerprint density at radius 3 is 2.68 bits per heavy atom. The highest BCUT2D eigenvalue weighted by atomic mass is 32.1. The molecule has 182 valence electrons. The first-order chi connectivity index (χ1) is 16.2. The van der Waals surface area contributed by atoms with Gasteiger partial charge >= 0.3 is 0 Å². The number of nitrogens with one attached hydrogen (secondary N) is 3. The Kier molecular flexibility index (Phi) is 9.75. The molecule has 4 N–H and O–H groups in total. The van der Waals surface area contributed by atoms with Crippen LogP contribution in [0.5, 0.6) is 0 Å². The minimum Gasteiger partial charge on any atom is -0.483 e. The van der Waals surface area contributed by atoms with Crippen LogP contribution in [0.15, 0.2) is 35.1 Å². The van der Waals surface area contributed by atoms with E-state index >= 15 is 0 Å².